The second kappa shape index (κ2) is 9.16. The van der Waals surface area contributed by atoms with Crippen LogP contribution in [-0.2, 0) is 21.2 Å². The van der Waals surface area contributed by atoms with Crippen LogP contribution < -0.4 is 10.0 Å². The van der Waals surface area contributed by atoms with Gasteiger partial charge in [0.2, 0.25) is 10.0 Å². The quantitative estimate of drug-likeness (QED) is 0.594. The molecule has 0 aliphatic carbocycles. The van der Waals surface area contributed by atoms with Crippen LogP contribution in [0, 0.1) is 5.41 Å². The van der Waals surface area contributed by atoms with Crippen LogP contribution in [0.3, 0.4) is 0 Å². The molecule has 1 heterocycles. The van der Waals surface area contributed by atoms with Gasteiger partial charge in [-0.1, -0.05) is 62.4 Å². The largest absolute Gasteiger partial charge is 0.449 e. The number of nitrogens with one attached hydrogen (secondary N) is 2. The first-order chi connectivity index (χ1) is 14.2. The fraction of sp³-hybridized carbons (Fsp3) is 0.409. The van der Waals surface area contributed by atoms with E-state index in [2.05, 4.69) is 10.0 Å². The maximum absolute atomic E-state index is 12.9. The van der Waals surface area contributed by atoms with Crippen molar-refractivity contribution in [2.75, 3.05) is 6.61 Å². The van der Waals surface area contributed by atoms with Crippen molar-refractivity contribution in [1.82, 2.24) is 10.0 Å². The number of amides is 1. The minimum atomic E-state index is -3.85. The van der Waals surface area contributed by atoms with Crippen LogP contribution in [0.15, 0.2) is 65.6 Å². The molecule has 1 aliphatic rings. The predicted molar refractivity (Wildman–Crippen MR) is 113 cm³/mol. The Kier molecular flexibility index (Phi) is 6.80. The van der Waals surface area contributed by atoms with Gasteiger partial charge in [-0.3, -0.25) is 0 Å². The first kappa shape index (κ1) is 22.3. The summed E-state index contributed by atoms with van der Waals surface area (Å²) in [5, 5.41) is 13.8. The number of carbonyl (C=O) groups is 1. The molecule has 0 bridgehead atoms. The zero-order valence-corrected chi connectivity index (χ0v) is 17.9. The number of aliphatic hydroxyl groups excluding tert-OH is 1. The summed E-state index contributed by atoms with van der Waals surface area (Å²) in [7, 11) is -3.85. The number of sulfonamides is 1. The Balaban J connectivity index is 1.85. The Morgan fingerprint density at radius 2 is 1.73 bits per heavy atom. The SMILES string of the molecule is CC1(C)COC(=O)N[C@@H]1[C@H](O)[C@H](CCc1ccccc1)NS(=O)(=O)c1ccccc1. The highest BCUT2D eigenvalue weighted by Gasteiger charge is 2.44. The van der Waals surface area contributed by atoms with E-state index in [9.17, 15) is 18.3 Å². The molecule has 3 atom stereocenters. The predicted octanol–water partition coefficient (Wildman–Crippen LogP) is 2.46. The van der Waals surface area contributed by atoms with Crippen LogP contribution in [-0.4, -0.2) is 44.4 Å². The van der Waals surface area contributed by atoms with Gasteiger partial charge < -0.3 is 15.2 Å². The number of benzene rings is 2. The number of ether oxygens (including phenoxy) is 1. The van der Waals surface area contributed by atoms with Crippen LogP contribution in [0.5, 0.6) is 0 Å². The summed E-state index contributed by atoms with van der Waals surface area (Å²) in [6.07, 6.45) is -0.834. The Bertz CT molecular complexity index is 948. The number of aryl methyl sites for hydroxylation is 1. The third kappa shape index (κ3) is 5.38. The fourth-order valence-corrected chi connectivity index (χ4v) is 4.93. The molecule has 1 aliphatic heterocycles. The lowest BCUT2D eigenvalue weighted by Gasteiger charge is -2.43. The zero-order chi connectivity index (χ0) is 21.8. The van der Waals surface area contributed by atoms with E-state index in [0.717, 1.165) is 5.56 Å². The lowest BCUT2D eigenvalue weighted by Crippen LogP contribution is -2.63. The molecular weight excluding hydrogens is 404 g/mol. The van der Waals surface area contributed by atoms with Gasteiger partial charge in [0.15, 0.2) is 0 Å². The monoisotopic (exact) mass is 432 g/mol. The molecule has 1 amide bonds. The standard InChI is InChI=1S/C22H28N2O5S/c1-22(2)15-29-21(26)23-20(22)19(25)18(14-13-16-9-5-3-6-10-16)24-30(27,28)17-11-7-4-8-12-17/h3-12,18-20,24-25H,13-15H2,1-2H3,(H,23,26)/t18-,19+,20+/m0/s1. The number of carbonyl (C=O) groups excluding carboxylic acids is 1. The van der Waals surface area contributed by atoms with Gasteiger partial charge in [-0.15, -0.1) is 0 Å². The molecule has 3 rings (SSSR count). The Labute approximate surface area is 177 Å². The average Bonchev–Trinajstić information content (AvgIpc) is 2.74. The molecule has 2 aromatic carbocycles. The van der Waals surface area contributed by atoms with Gasteiger partial charge in [0.25, 0.3) is 0 Å². The lowest BCUT2D eigenvalue weighted by atomic mass is 9.78. The van der Waals surface area contributed by atoms with E-state index in [-0.39, 0.29) is 11.5 Å². The maximum atomic E-state index is 12.9. The molecule has 8 heteroatoms. The van der Waals surface area contributed by atoms with Crippen molar-refractivity contribution in [3.8, 4) is 0 Å². The van der Waals surface area contributed by atoms with Crippen LogP contribution in [0.25, 0.3) is 0 Å². The third-order valence-electron chi connectivity index (χ3n) is 5.39. The second-order valence-electron chi connectivity index (χ2n) is 8.24. The molecule has 7 nitrogen and oxygen atoms in total. The van der Waals surface area contributed by atoms with Crippen molar-refractivity contribution < 1.29 is 23.1 Å². The molecule has 0 aromatic heterocycles. The highest BCUT2D eigenvalue weighted by atomic mass is 32.2. The second-order valence-corrected chi connectivity index (χ2v) is 9.96. The van der Waals surface area contributed by atoms with E-state index in [1.807, 2.05) is 44.2 Å². The van der Waals surface area contributed by atoms with E-state index in [1.54, 1.807) is 18.2 Å². The first-order valence-electron chi connectivity index (χ1n) is 9.92. The van der Waals surface area contributed by atoms with Crippen LogP contribution in [0.1, 0.15) is 25.8 Å². The topological polar surface area (TPSA) is 105 Å². The first-order valence-corrected chi connectivity index (χ1v) is 11.4. The summed E-state index contributed by atoms with van der Waals surface area (Å²) in [6, 6.07) is 16.2. The highest BCUT2D eigenvalue weighted by Crippen LogP contribution is 2.29. The fourth-order valence-electron chi connectivity index (χ4n) is 3.62. The number of cyclic esters (lactones) is 1. The summed E-state index contributed by atoms with van der Waals surface area (Å²) in [5.74, 6) is 0. The minimum Gasteiger partial charge on any atom is -0.449 e. The van der Waals surface area contributed by atoms with Crippen LogP contribution >= 0.6 is 0 Å². The van der Waals surface area contributed by atoms with Crippen molar-refractivity contribution in [3.63, 3.8) is 0 Å². The van der Waals surface area contributed by atoms with Crippen molar-refractivity contribution in [1.29, 1.82) is 0 Å². The third-order valence-corrected chi connectivity index (χ3v) is 6.90. The minimum absolute atomic E-state index is 0.122. The molecule has 0 spiro atoms. The molecule has 0 radical (unpaired) electrons. The lowest BCUT2D eigenvalue weighted by molar-refractivity contribution is -0.0224. The molecule has 1 fully saturated rings. The molecule has 2 aromatic rings. The molecule has 30 heavy (non-hydrogen) atoms. The molecule has 162 valence electrons. The van der Waals surface area contributed by atoms with Crippen molar-refractivity contribution in [2.24, 2.45) is 5.41 Å². The van der Waals surface area contributed by atoms with E-state index in [4.69, 9.17) is 4.74 Å². The van der Waals surface area contributed by atoms with Crippen LogP contribution in [0.4, 0.5) is 4.79 Å². The zero-order valence-electron chi connectivity index (χ0n) is 17.1. The number of rotatable bonds is 8. The number of aliphatic hydroxyl groups is 1. The van der Waals surface area contributed by atoms with Gasteiger partial charge in [0.1, 0.15) is 6.61 Å². The maximum Gasteiger partial charge on any atom is 0.407 e. The van der Waals surface area contributed by atoms with Crippen molar-refractivity contribution in [2.45, 2.75) is 49.8 Å². The molecule has 1 saturated heterocycles. The van der Waals surface area contributed by atoms with E-state index >= 15 is 0 Å². The Morgan fingerprint density at radius 1 is 1.13 bits per heavy atom. The Hall–Kier alpha value is -2.42. The van der Waals surface area contributed by atoms with Gasteiger partial charge in [-0.25, -0.2) is 17.9 Å². The van der Waals surface area contributed by atoms with Gasteiger partial charge in [0.05, 0.1) is 23.1 Å². The molecule has 0 saturated carbocycles. The van der Waals surface area contributed by atoms with E-state index in [0.29, 0.717) is 12.8 Å². The van der Waals surface area contributed by atoms with E-state index < -0.39 is 39.7 Å². The summed E-state index contributed by atoms with van der Waals surface area (Å²) >= 11 is 0. The normalized spacial score (nSPS) is 20.6. The van der Waals surface area contributed by atoms with Gasteiger partial charge in [-0.05, 0) is 30.5 Å². The van der Waals surface area contributed by atoms with Gasteiger partial charge >= 0.3 is 6.09 Å². The number of alkyl carbamates (subject to hydrolysis) is 1. The molecular formula is C22H28N2O5S. The van der Waals surface area contributed by atoms with E-state index in [1.165, 1.54) is 12.1 Å². The van der Waals surface area contributed by atoms with Crippen LogP contribution in [0.2, 0.25) is 0 Å². The van der Waals surface area contributed by atoms with Crippen molar-refractivity contribution >= 4 is 16.1 Å². The van der Waals surface area contributed by atoms with Crippen molar-refractivity contribution in [3.05, 3.63) is 66.2 Å². The molecule has 0 unspecified atom stereocenters. The van der Waals surface area contributed by atoms with Gasteiger partial charge in [-0.2, -0.15) is 0 Å². The average molecular weight is 433 g/mol. The summed E-state index contributed by atoms with van der Waals surface area (Å²) < 4.78 is 33.6. The van der Waals surface area contributed by atoms with Gasteiger partial charge in [0, 0.05) is 5.41 Å². The summed E-state index contributed by atoms with van der Waals surface area (Å²) in [4.78, 5) is 11.9. The highest BCUT2D eigenvalue weighted by molar-refractivity contribution is 7.89. The number of hydrogen-bond acceptors (Lipinski definition) is 5. The summed E-state index contributed by atoms with van der Waals surface area (Å²) in [5.41, 5.74) is 0.458. The Morgan fingerprint density at radius 3 is 2.37 bits per heavy atom. The number of hydrogen-bond donors (Lipinski definition) is 3. The summed E-state index contributed by atoms with van der Waals surface area (Å²) in [6.45, 7) is 3.86. The molecule has 3 N–H and O–H groups in total. The smallest absolute Gasteiger partial charge is 0.407 e.